The first-order valence-corrected chi connectivity index (χ1v) is 4.33. The van der Waals surface area contributed by atoms with Crippen LogP contribution in [-0.2, 0) is 25.9 Å². The molecule has 2 N–H and O–H groups in total. The predicted molar refractivity (Wildman–Crippen MR) is 56.9 cm³/mol. The van der Waals surface area contributed by atoms with E-state index >= 15 is 0 Å². The summed E-state index contributed by atoms with van der Waals surface area (Å²) in [5, 5.41) is 0. The molecule has 0 saturated heterocycles. The molecular formula is C10H22N2OW. The summed E-state index contributed by atoms with van der Waals surface area (Å²) in [5.41, 5.74) is 5.23. The zero-order chi connectivity index (χ0) is 11.6. The van der Waals surface area contributed by atoms with Crippen molar-refractivity contribution in [3.63, 3.8) is 0 Å². The molecule has 3 nitrogen and oxygen atoms in total. The SMILES string of the molecule is [2H]CC(CN)CC([CH2-])=O.[CH2-]N(C)CC.[W+2]. The largest absolute Gasteiger partial charge is 2.00 e. The molecule has 0 amide bonds. The first-order chi connectivity index (χ1) is 6.47. The summed E-state index contributed by atoms with van der Waals surface area (Å²) < 4.78 is 6.89. The van der Waals surface area contributed by atoms with Gasteiger partial charge in [-0.2, -0.15) is 0 Å². The third kappa shape index (κ3) is 22.7. The number of rotatable bonds is 4. The normalized spacial score (nSPS) is 11.9. The molecule has 14 heavy (non-hydrogen) atoms. The van der Waals surface area contributed by atoms with Gasteiger partial charge in [0.1, 0.15) is 0 Å². The van der Waals surface area contributed by atoms with Crippen LogP contribution in [0.2, 0.25) is 0 Å². The van der Waals surface area contributed by atoms with Crippen LogP contribution in [0.1, 0.15) is 21.6 Å². The summed E-state index contributed by atoms with van der Waals surface area (Å²) in [6.07, 6.45) is 0.347. The first-order valence-electron chi connectivity index (χ1n) is 5.04. The van der Waals surface area contributed by atoms with Gasteiger partial charge in [-0.05, 0) is 38.3 Å². The van der Waals surface area contributed by atoms with E-state index in [4.69, 9.17) is 7.10 Å². The van der Waals surface area contributed by atoms with Gasteiger partial charge in [0.05, 0.1) is 0 Å². The Bertz CT molecular complexity index is 141. The standard InChI is InChI=1S/C6H12NO.C4H10N.W/c1-5(4-7)3-6(2)8;1-4-5(2)3;/h5H,2-4,7H2,1H3;2,4H2,1,3H3;/q2*-1;+2/i1D;;. The van der Waals surface area contributed by atoms with E-state index < -0.39 is 0 Å². The van der Waals surface area contributed by atoms with E-state index in [1.165, 1.54) is 0 Å². The molecule has 0 aliphatic heterocycles. The van der Waals surface area contributed by atoms with Crippen LogP contribution in [0.25, 0.3) is 0 Å². The van der Waals surface area contributed by atoms with E-state index in [0.29, 0.717) is 13.0 Å². The molecular weight excluding hydrogens is 348 g/mol. The van der Waals surface area contributed by atoms with Crippen LogP contribution in [-0.4, -0.2) is 30.8 Å². The second-order valence-electron chi connectivity index (χ2n) is 3.02. The van der Waals surface area contributed by atoms with Crippen molar-refractivity contribution in [2.45, 2.75) is 20.2 Å². The molecule has 0 heterocycles. The Morgan fingerprint density at radius 3 is 2.21 bits per heavy atom. The summed E-state index contributed by atoms with van der Waals surface area (Å²) in [6.45, 7) is 6.91. The average molecular weight is 371 g/mol. The Labute approximate surface area is 104 Å². The number of nitrogens with two attached hydrogens (primary N) is 1. The molecule has 0 saturated carbocycles. The van der Waals surface area contributed by atoms with E-state index in [9.17, 15) is 4.79 Å². The van der Waals surface area contributed by atoms with E-state index in [1.807, 2.05) is 11.9 Å². The zero-order valence-corrected chi connectivity index (χ0v) is 12.1. The van der Waals surface area contributed by atoms with Crippen LogP contribution in [0, 0.1) is 19.9 Å². The minimum Gasteiger partial charge on any atom is -0.462 e. The smallest absolute Gasteiger partial charge is 0.462 e. The molecule has 0 radical (unpaired) electrons. The molecule has 0 aliphatic carbocycles. The van der Waals surface area contributed by atoms with Crippen molar-refractivity contribution in [3.05, 3.63) is 14.0 Å². The Morgan fingerprint density at radius 1 is 1.71 bits per heavy atom. The van der Waals surface area contributed by atoms with Gasteiger partial charge in [0.15, 0.2) is 0 Å². The van der Waals surface area contributed by atoms with Gasteiger partial charge < -0.3 is 22.4 Å². The van der Waals surface area contributed by atoms with E-state index in [1.54, 1.807) is 0 Å². The molecule has 0 aliphatic rings. The number of carbonyl (C=O) groups is 1. The Balaban J connectivity index is -0.000000208. The van der Waals surface area contributed by atoms with Crippen molar-refractivity contribution in [2.24, 2.45) is 11.7 Å². The number of Topliss-reactive ketones (excluding diaryl/α,β-unsaturated/α-hetero) is 1. The fourth-order valence-corrected chi connectivity index (χ4v) is 0.405. The summed E-state index contributed by atoms with van der Waals surface area (Å²) >= 11 is 0. The number of hydrogen-bond donors (Lipinski definition) is 1. The van der Waals surface area contributed by atoms with E-state index in [-0.39, 0.29) is 39.7 Å². The van der Waals surface area contributed by atoms with Crippen molar-refractivity contribution in [3.8, 4) is 0 Å². The molecule has 0 aromatic carbocycles. The van der Waals surface area contributed by atoms with Gasteiger partial charge in [-0.1, -0.05) is 13.8 Å². The number of hydrogen-bond acceptors (Lipinski definition) is 3. The zero-order valence-electron chi connectivity index (χ0n) is 10.2. The molecule has 0 aromatic heterocycles. The van der Waals surface area contributed by atoms with Gasteiger partial charge in [-0.25, -0.2) is 0 Å². The van der Waals surface area contributed by atoms with Crippen LogP contribution >= 0.6 is 0 Å². The summed E-state index contributed by atoms with van der Waals surface area (Å²) in [4.78, 5) is 12.2. The maximum absolute atomic E-state index is 10.3. The summed E-state index contributed by atoms with van der Waals surface area (Å²) in [5.74, 6) is -0.118. The topological polar surface area (TPSA) is 46.3 Å². The van der Waals surface area contributed by atoms with Crippen LogP contribution in [0.3, 0.4) is 0 Å². The van der Waals surface area contributed by atoms with Crippen LogP contribution in [0.4, 0.5) is 0 Å². The quantitative estimate of drug-likeness (QED) is 0.754. The fourth-order valence-electron chi connectivity index (χ4n) is 0.405. The second-order valence-corrected chi connectivity index (χ2v) is 3.02. The monoisotopic (exact) mass is 371 g/mol. The number of ketones is 1. The minimum absolute atomic E-state index is 0. The molecule has 0 spiro atoms. The van der Waals surface area contributed by atoms with Crippen molar-refractivity contribution in [1.82, 2.24) is 4.90 Å². The van der Waals surface area contributed by atoms with Crippen LogP contribution in [0.15, 0.2) is 0 Å². The predicted octanol–water partition coefficient (Wildman–Crippen LogP) is 1.10. The molecule has 0 bridgehead atoms. The molecule has 1 unspecified atom stereocenters. The maximum Gasteiger partial charge on any atom is 2.00 e. The first kappa shape index (κ1) is 16.6. The Kier molecular flexibility index (Phi) is 15.6. The summed E-state index contributed by atoms with van der Waals surface area (Å²) in [6, 6.07) is 0. The number of carbonyl (C=O) groups excluding carboxylic acids is 1. The van der Waals surface area contributed by atoms with Gasteiger partial charge in [-0.3, -0.25) is 7.05 Å². The third-order valence-corrected chi connectivity index (χ3v) is 1.39. The van der Waals surface area contributed by atoms with Crippen molar-refractivity contribution in [1.29, 1.82) is 0 Å². The molecule has 0 aromatic rings. The summed E-state index contributed by atoms with van der Waals surface area (Å²) in [7, 11) is 5.53. The van der Waals surface area contributed by atoms with Crippen LogP contribution in [0.5, 0.6) is 0 Å². The van der Waals surface area contributed by atoms with Gasteiger partial charge in [0, 0.05) is 1.37 Å². The number of nitrogens with zero attached hydrogens (tertiary/aromatic N) is 1. The average Bonchev–Trinajstić information content (AvgIpc) is 2.14. The van der Waals surface area contributed by atoms with Gasteiger partial charge >= 0.3 is 21.1 Å². The van der Waals surface area contributed by atoms with Gasteiger partial charge in [0.2, 0.25) is 0 Å². The van der Waals surface area contributed by atoms with Crippen molar-refractivity contribution >= 4 is 5.78 Å². The molecule has 1 atom stereocenters. The van der Waals surface area contributed by atoms with E-state index in [0.717, 1.165) is 6.54 Å². The van der Waals surface area contributed by atoms with Gasteiger partial charge in [0.25, 0.3) is 0 Å². The van der Waals surface area contributed by atoms with Gasteiger partial charge in [-0.15, -0.1) is 0 Å². The minimum atomic E-state index is -0.127. The molecule has 0 fully saturated rings. The third-order valence-electron chi connectivity index (χ3n) is 1.39. The van der Waals surface area contributed by atoms with E-state index in [2.05, 4.69) is 20.9 Å². The molecule has 4 heteroatoms. The molecule has 0 rings (SSSR count). The second kappa shape index (κ2) is 13.1. The maximum atomic E-state index is 10.3. The Hall–Kier alpha value is 0.148. The van der Waals surface area contributed by atoms with Crippen molar-refractivity contribution < 1.29 is 27.2 Å². The fraction of sp³-hybridized carbons (Fsp3) is 0.700. The van der Waals surface area contributed by atoms with Crippen LogP contribution < -0.4 is 5.73 Å². The Morgan fingerprint density at radius 2 is 2.14 bits per heavy atom. The van der Waals surface area contributed by atoms with Crippen molar-refractivity contribution in [2.75, 3.05) is 20.1 Å². The molecule has 84 valence electrons.